The third-order valence-corrected chi connectivity index (χ3v) is 5.72. The second-order valence-corrected chi connectivity index (χ2v) is 7.83. The highest BCUT2D eigenvalue weighted by molar-refractivity contribution is 6.32. The summed E-state index contributed by atoms with van der Waals surface area (Å²) < 4.78 is 24.9. The molecule has 0 bridgehead atoms. The fraction of sp³-hybridized carbons (Fsp3) is 0.250. The molecular weight excluding hydrogens is 433 g/mol. The molecule has 0 aliphatic carbocycles. The number of pyridine rings is 1. The Kier molecular flexibility index (Phi) is 6.58. The van der Waals surface area contributed by atoms with Crippen molar-refractivity contribution in [1.82, 2.24) is 4.98 Å². The number of aryl methyl sites for hydroxylation is 1. The Bertz CT molecular complexity index is 1140. The number of nitrogens with zero attached hydrogens (tertiary/aromatic N) is 3. The molecule has 6 nitrogen and oxygen atoms in total. The van der Waals surface area contributed by atoms with Crippen molar-refractivity contribution < 1.29 is 18.7 Å². The normalized spacial score (nSPS) is 13.3. The molecule has 8 heteroatoms. The van der Waals surface area contributed by atoms with Gasteiger partial charge in [0, 0.05) is 30.0 Å². The number of hydrogen-bond donors (Lipinski definition) is 0. The Morgan fingerprint density at radius 3 is 2.78 bits per heavy atom. The molecule has 2 amide bonds. The molecule has 0 fully saturated rings. The molecule has 0 spiro atoms. The molecule has 3 aromatic rings. The fourth-order valence-corrected chi connectivity index (χ4v) is 3.89. The van der Waals surface area contributed by atoms with E-state index in [-0.39, 0.29) is 18.3 Å². The average molecular weight is 456 g/mol. The molecule has 2 heterocycles. The van der Waals surface area contributed by atoms with Gasteiger partial charge in [-0.15, -0.1) is 0 Å². The second kappa shape index (κ2) is 9.54. The highest BCUT2D eigenvalue weighted by Gasteiger charge is 2.33. The number of carbonyl (C=O) groups is 1. The Morgan fingerprint density at radius 2 is 2.00 bits per heavy atom. The van der Waals surface area contributed by atoms with Crippen molar-refractivity contribution in [2.75, 3.05) is 30.1 Å². The molecule has 4 rings (SSSR count). The van der Waals surface area contributed by atoms with Gasteiger partial charge < -0.3 is 9.47 Å². The van der Waals surface area contributed by atoms with E-state index in [0.717, 1.165) is 16.8 Å². The maximum Gasteiger partial charge on any atom is 0.329 e. The number of carbonyl (C=O) groups excluding carboxylic acids is 1. The molecule has 32 heavy (non-hydrogen) atoms. The number of benzene rings is 2. The van der Waals surface area contributed by atoms with E-state index >= 15 is 0 Å². The molecule has 0 saturated carbocycles. The van der Waals surface area contributed by atoms with Crippen LogP contribution >= 0.6 is 11.6 Å². The topological polar surface area (TPSA) is 54.9 Å². The zero-order valence-electron chi connectivity index (χ0n) is 17.8. The van der Waals surface area contributed by atoms with Crippen LogP contribution in [0.15, 0.2) is 54.7 Å². The van der Waals surface area contributed by atoms with Crippen molar-refractivity contribution >= 4 is 29.0 Å². The lowest BCUT2D eigenvalue weighted by Crippen LogP contribution is -2.48. The summed E-state index contributed by atoms with van der Waals surface area (Å²) in [6.45, 7) is 3.03. The molecule has 2 aromatic carbocycles. The van der Waals surface area contributed by atoms with Crippen molar-refractivity contribution in [3.05, 3.63) is 82.4 Å². The van der Waals surface area contributed by atoms with Gasteiger partial charge in [-0.1, -0.05) is 23.7 Å². The van der Waals surface area contributed by atoms with Crippen molar-refractivity contribution in [2.24, 2.45) is 0 Å². The Hall–Kier alpha value is -3.16. The Morgan fingerprint density at radius 1 is 1.16 bits per heavy atom. The lowest BCUT2D eigenvalue weighted by atomic mass is 10.1. The molecule has 0 saturated heterocycles. The quantitative estimate of drug-likeness (QED) is 0.481. The number of hydrogen-bond acceptors (Lipinski definition) is 4. The summed E-state index contributed by atoms with van der Waals surface area (Å²) in [4.78, 5) is 20.8. The Labute approximate surface area is 191 Å². The first-order valence-electron chi connectivity index (χ1n) is 10.2. The molecular formula is C24H23ClFN3O3. The van der Waals surface area contributed by atoms with Gasteiger partial charge in [-0.2, -0.15) is 0 Å². The number of ether oxygens (including phenoxy) is 2. The van der Waals surface area contributed by atoms with Crippen LogP contribution in [0, 0.1) is 12.7 Å². The number of urea groups is 1. The third kappa shape index (κ3) is 4.40. The summed E-state index contributed by atoms with van der Waals surface area (Å²) in [5.41, 5.74) is 3.46. The van der Waals surface area contributed by atoms with Crippen molar-refractivity contribution in [3.63, 3.8) is 0 Å². The smallest absolute Gasteiger partial charge is 0.329 e. The fourth-order valence-electron chi connectivity index (χ4n) is 3.66. The highest BCUT2D eigenvalue weighted by Crippen LogP contribution is 2.37. The molecule has 0 radical (unpaired) electrons. The van der Waals surface area contributed by atoms with Crippen molar-refractivity contribution in [3.8, 4) is 5.75 Å². The summed E-state index contributed by atoms with van der Waals surface area (Å²) >= 11 is 6.48. The third-order valence-electron chi connectivity index (χ3n) is 5.36. The average Bonchev–Trinajstić information content (AvgIpc) is 2.79. The number of halogens is 2. The predicted octanol–water partition coefficient (Wildman–Crippen LogP) is 5.35. The van der Waals surface area contributed by atoms with Crippen LogP contribution < -0.4 is 14.5 Å². The van der Waals surface area contributed by atoms with E-state index in [1.165, 1.54) is 18.3 Å². The van der Waals surface area contributed by atoms with Crippen LogP contribution in [0.2, 0.25) is 5.02 Å². The van der Waals surface area contributed by atoms with E-state index in [2.05, 4.69) is 4.98 Å². The first-order valence-corrected chi connectivity index (χ1v) is 10.6. The van der Waals surface area contributed by atoms with Gasteiger partial charge in [0.15, 0.2) is 0 Å². The number of methoxy groups -OCH3 is 1. The van der Waals surface area contributed by atoms with Gasteiger partial charge >= 0.3 is 6.03 Å². The largest absolute Gasteiger partial charge is 0.487 e. The van der Waals surface area contributed by atoms with Crippen molar-refractivity contribution in [2.45, 2.75) is 20.1 Å². The summed E-state index contributed by atoms with van der Waals surface area (Å²) in [7, 11) is 1.60. The van der Waals surface area contributed by atoms with Gasteiger partial charge in [0.1, 0.15) is 23.9 Å². The monoisotopic (exact) mass is 455 g/mol. The first kappa shape index (κ1) is 22.0. The van der Waals surface area contributed by atoms with Crippen LogP contribution in [0.5, 0.6) is 5.75 Å². The minimum absolute atomic E-state index is 0.0161. The standard InChI is InChI=1S/C24H23ClFN3O3/c1-16-8-9-17(32-15-21-20(26)6-4-10-27-21)13-23(16)29-14-18-19(25)5-3-7-22(18)28(24(29)30)11-12-31-2/h3-10,13H,11-12,14-15H2,1-2H3. The SMILES string of the molecule is COCCN1C(=O)N(c2cc(OCc3ncccc3F)ccc2C)Cc2c(Cl)cccc21. The van der Waals surface area contributed by atoms with E-state index in [1.807, 2.05) is 31.2 Å². The van der Waals surface area contributed by atoms with Crippen LogP contribution in [0.1, 0.15) is 16.8 Å². The Balaban J connectivity index is 1.65. The summed E-state index contributed by atoms with van der Waals surface area (Å²) in [5.74, 6) is 0.0860. The van der Waals surface area contributed by atoms with Crippen molar-refractivity contribution in [1.29, 1.82) is 0 Å². The van der Waals surface area contributed by atoms with Crippen LogP contribution in [0.3, 0.4) is 0 Å². The molecule has 1 aromatic heterocycles. The first-order chi connectivity index (χ1) is 15.5. The zero-order valence-corrected chi connectivity index (χ0v) is 18.6. The molecule has 0 N–H and O–H groups in total. The highest BCUT2D eigenvalue weighted by atomic mass is 35.5. The van der Waals surface area contributed by atoms with Gasteiger partial charge in [-0.3, -0.25) is 14.8 Å². The van der Waals surface area contributed by atoms with Gasteiger partial charge in [-0.05, 0) is 42.8 Å². The molecule has 1 aliphatic rings. The summed E-state index contributed by atoms with van der Waals surface area (Å²) in [5, 5.41) is 0.595. The number of anilines is 2. The van der Waals surface area contributed by atoms with E-state index in [4.69, 9.17) is 21.1 Å². The molecule has 0 unspecified atom stereocenters. The molecule has 166 valence electrons. The van der Waals surface area contributed by atoms with Gasteiger partial charge in [-0.25, -0.2) is 9.18 Å². The van der Waals surface area contributed by atoms with E-state index < -0.39 is 5.82 Å². The zero-order chi connectivity index (χ0) is 22.7. The summed E-state index contributed by atoms with van der Waals surface area (Å²) in [6, 6.07) is 13.7. The summed E-state index contributed by atoms with van der Waals surface area (Å²) in [6.07, 6.45) is 1.52. The van der Waals surface area contributed by atoms with Crippen LogP contribution in [0.25, 0.3) is 0 Å². The minimum Gasteiger partial charge on any atom is -0.487 e. The van der Waals surface area contributed by atoms with E-state index in [0.29, 0.717) is 36.2 Å². The number of fused-ring (bicyclic) bond motifs is 1. The number of aromatic nitrogens is 1. The molecule has 0 atom stereocenters. The maximum atomic E-state index is 13.9. The van der Waals surface area contributed by atoms with E-state index in [1.54, 1.807) is 29.0 Å². The van der Waals surface area contributed by atoms with Crippen LogP contribution in [0.4, 0.5) is 20.6 Å². The number of rotatable bonds is 7. The van der Waals surface area contributed by atoms with Gasteiger partial charge in [0.05, 0.1) is 31.1 Å². The number of amides is 2. The van der Waals surface area contributed by atoms with E-state index in [9.17, 15) is 9.18 Å². The van der Waals surface area contributed by atoms with Gasteiger partial charge in [0.2, 0.25) is 0 Å². The minimum atomic E-state index is -0.425. The maximum absolute atomic E-state index is 13.9. The van der Waals surface area contributed by atoms with Gasteiger partial charge in [0.25, 0.3) is 0 Å². The van der Waals surface area contributed by atoms with Crippen LogP contribution in [-0.4, -0.2) is 31.3 Å². The lowest BCUT2D eigenvalue weighted by Gasteiger charge is -2.38. The lowest BCUT2D eigenvalue weighted by molar-refractivity contribution is 0.202. The second-order valence-electron chi connectivity index (χ2n) is 7.42. The predicted molar refractivity (Wildman–Crippen MR) is 122 cm³/mol. The molecule has 1 aliphatic heterocycles. The van der Waals surface area contributed by atoms with Crippen LogP contribution in [-0.2, 0) is 17.9 Å².